The van der Waals surface area contributed by atoms with Crippen LogP contribution in [-0.4, -0.2) is 27.6 Å². The zero-order valence-electron chi connectivity index (χ0n) is 17.7. The summed E-state index contributed by atoms with van der Waals surface area (Å²) in [6.45, 7) is 3.74. The van der Waals surface area contributed by atoms with Gasteiger partial charge in [0.15, 0.2) is 5.65 Å². The van der Waals surface area contributed by atoms with Crippen molar-refractivity contribution < 1.29 is 9.53 Å². The summed E-state index contributed by atoms with van der Waals surface area (Å²) in [5.41, 5.74) is 5.04. The number of aryl methyl sites for hydroxylation is 2. The van der Waals surface area contributed by atoms with Gasteiger partial charge in [-0.2, -0.15) is 0 Å². The third-order valence-electron chi connectivity index (χ3n) is 5.30. The smallest absolute Gasteiger partial charge is 0.276 e. The number of carbonyl (C=O) groups is 1. The molecule has 0 saturated carbocycles. The van der Waals surface area contributed by atoms with Crippen LogP contribution < -0.4 is 15.6 Å². The number of rotatable bonds is 6. The molecule has 4 aromatic rings. The molecule has 0 aliphatic heterocycles. The van der Waals surface area contributed by atoms with Gasteiger partial charge in [-0.1, -0.05) is 30.3 Å². The number of methoxy groups -OCH3 is 1. The summed E-state index contributed by atoms with van der Waals surface area (Å²) in [7, 11) is 1.59. The Balaban J connectivity index is 1.57. The average Bonchev–Trinajstić information content (AvgIpc) is 3.10. The second-order valence-electron chi connectivity index (χ2n) is 7.39. The molecule has 158 valence electrons. The van der Waals surface area contributed by atoms with Gasteiger partial charge in [-0.25, -0.2) is 9.50 Å². The van der Waals surface area contributed by atoms with E-state index in [9.17, 15) is 9.59 Å². The van der Waals surface area contributed by atoms with Crippen molar-refractivity contribution in [3.8, 4) is 16.9 Å². The normalized spacial score (nSPS) is 10.9. The first-order chi connectivity index (χ1) is 15.0. The summed E-state index contributed by atoms with van der Waals surface area (Å²) >= 11 is 0. The maximum Gasteiger partial charge on any atom is 0.276 e. The Kier molecular flexibility index (Phi) is 5.58. The number of fused-ring (bicyclic) bond motifs is 1. The minimum Gasteiger partial charge on any atom is -0.497 e. The minimum atomic E-state index is -0.176. The molecular formula is C24H24N4O3. The van der Waals surface area contributed by atoms with Crippen molar-refractivity contribution in [1.82, 2.24) is 14.6 Å². The largest absolute Gasteiger partial charge is 0.497 e. The fourth-order valence-corrected chi connectivity index (χ4v) is 3.70. The number of nitrogens with one attached hydrogen (secondary N) is 2. The molecule has 31 heavy (non-hydrogen) atoms. The van der Waals surface area contributed by atoms with Gasteiger partial charge in [0.1, 0.15) is 5.75 Å². The molecule has 7 heteroatoms. The highest BCUT2D eigenvalue weighted by atomic mass is 16.5. The number of hydrogen-bond acceptors (Lipinski definition) is 4. The van der Waals surface area contributed by atoms with Crippen LogP contribution in [-0.2, 0) is 11.2 Å². The van der Waals surface area contributed by atoms with Gasteiger partial charge < -0.3 is 10.1 Å². The first-order valence-corrected chi connectivity index (χ1v) is 10.1. The number of aromatic nitrogens is 3. The van der Waals surface area contributed by atoms with E-state index in [1.54, 1.807) is 31.4 Å². The van der Waals surface area contributed by atoms with Crippen LogP contribution in [0.4, 0.5) is 5.69 Å². The van der Waals surface area contributed by atoms with Gasteiger partial charge in [0.05, 0.1) is 7.11 Å². The molecule has 0 spiro atoms. The van der Waals surface area contributed by atoms with Gasteiger partial charge in [-0.15, -0.1) is 0 Å². The molecular weight excluding hydrogens is 392 g/mol. The molecule has 0 saturated heterocycles. The maximum atomic E-state index is 13.1. The Bertz CT molecular complexity index is 1290. The monoisotopic (exact) mass is 416 g/mol. The van der Waals surface area contributed by atoms with Crippen molar-refractivity contribution in [1.29, 1.82) is 0 Å². The summed E-state index contributed by atoms with van der Waals surface area (Å²) < 4.78 is 6.59. The lowest BCUT2D eigenvalue weighted by Crippen LogP contribution is -2.23. The summed E-state index contributed by atoms with van der Waals surface area (Å²) in [5, 5.41) is 5.97. The molecule has 0 atom stereocenters. The molecule has 0 bridgehead atoms. The molecule has 2 aromatic carbocycles. The van der Waals surface area contributed by atoms with Crippen LogP contribution in [0.2, 0.25) is 0 Å². The highest BCUT2D eigenvalue weighted by Gasteiger charge is 2.18. The van der Waals surface area contributed by atoms with E-state index in [2.05, 4.69) is 10.4 Å². The van der Waals surface area contributed by atoms with Crippen molar-refractivity contribution in [2.24, 2.45) is 0 Å². The van der Waals surface area contributed by atoms with E-state index in [1.807, 2.05) is 44.2 Å². The van der Waals surface area contributed by atoms with Crippen molar-refractivity contribution in [3.63, 3.8) is 0 Å². The highest BCUT2D eigenvalue weighted by molar-refractivity contribution is 5.90. The summed E-state index contributed by atoms with van der Waals surface area (Å²) in [6, 6.07) is 17.0. The number of carbonyl (C=O) groups excluding carboxylic acids is 1. The number of nitrogens with zero attached hydrogens (tertiary/aromatic N) is 2. The third kappa shape index (κ3) is 4.07. The van der Waals surface area contributed by atoms with Crippen LogP contribution >= 0.6 is 0 Å². The highest BCUT2D eigenvalue weighted by Crippen LogP contribution is 2.26. The molecule has 2 heterocycles. The SMILES string of the molecule is COc1ccc(NC(=O)CCc2c(C)nc3c(-c4ccccc4)c(C)[nH]n3c2=O)cc1. The first kappa shape index (κ1) is 20.4. The lowest BCUT2D eigenvalue weighted by Gasteiger charge is -2.08. The predicted molar refractivity (Wildman–Crippen MR) is 121 cm³/mol. The van der Waals surface area contributed by atoms with Crippen LogP contribution in [0.5, 0.6) is 5.75 Å². The Labute approximate surface area is 179 Å². The second-order valence-corrected chi connectivity index (χ2v) is 7.39. The van der Waals surface area contributed by atoms with Crippen LogP contribution in [0.15, 0.2) is 59.4 Å². The van der Waals surface area contributed by atoms with E-state index in [4.69, 9.17) is 9.72 Å². The number of H-pyrrole nitrogens is 1. The maximum absolute atomic E-state index is 13.1. The molecule has 2 N–H and O–H groups in total. The quantitative estimate of drug-likeness (QED) is 0.499. The number of anilines is 1. The van der Waals surface area contributed by atoms with E-state index in [0.717, 1.165) is 22.6 Å². The van der Waals surface area contributed by atoms with Crippen molar-refractivity contribution in [2.45, 2.75) is 26.7 Å². The number of aromatic amines is 1. The average molecular weight is 416 g/mol. The Morgan fingerprint density at radius 2 is 1.81 bits per heavy atom. The van der Waals surface area contributed by atoms with Gasteiger partial charge in [0.25, 0.3) is 5.56 Å². The number of hydrogen-bond donors (Lipinski definition) is 2. The summed E-state index contributed by atoms with van der Waals surface area (Å²) in [4.78, 5) is 30.2. The molecule has 0 aliphatic rings. The number of amides is 1. The Morgan fingerprint density at radius 1 is 1.10 bits per heavy atom. The molecule has 1 amide bonds. The van der Waals surface area contributed by atoms with E-state index in [-0.39, 0.29) is 17.9 Å². The molecule has 0 aliphatic carbocycles. The topological polar surface area (TPSA) is 88.5 Å². The van der Waals surface area contributed by atoms with E-state index in [0.29, 0.717) is 29.0 Å². The minimum absolute atomic E-state index is 0.165. The lowest BCUT2D eigenvalue weighted by atomic mass is 10.1. The fourth-order valence-electron chi connectivity index (χ4n) is 3.70. The summed E-state index contributed by atoms with van der Waals surface area (Å²) in [6.07, 6.45) is 0.489. The van der Waals surface area contributed by atoms with Crippen LogP contribution in [0.1, 0.15) is 23.4 Å². The zero-order chi connectivity index (χ0) is 22.0. The first-order valence-electron chi connectivity index (χ1n) is 10.1. The fraction of sp³-hybridized carbons (Fsp3) is 0.208. The molecule has 7 nitrogen and oxygen atoms in total. The van der Waals surface area contributed by atoms with Gasteiger partial charge in [-0.3, -0.25) is 14.7 Å². The van der Waals surface area contributed by atoms with E-state index in [1.165, 1.54) is 4.52 Å². The van der Waals surface area contributed by atoms with Gasteiger partial charge >= 0.3 is 0 Å². The van der Waals surface area contributed by atoms with Crippen molar-refractivity contribution in [3.05, 3.63) is 81.9 Å². The lowest BCUT2D eigenvalue weighted by molar-refractivity contribution is -0.116. The third-order valence-corrected chi connectivity index (χ3v) is 5.30. The number of benzene rings is 2. The molecule has 0 fully saturated rings. The van der Waals surface area contributed by atoms with Gasteiger partial charge in [0.2, 0.25) is 5.91 Å². The predicted octanol–water partition coefficient (Wildman–Crippen LogP) is 3.89. The van der Waals surface area contributed by atoms with Crippen molar-refractivity contribution in [2.75, 3.05) is 12.4 Å². The van der Waals surface area contributed by atoms with Crippen LogP contribution in [0.25, 0.3) is 16.8 Å². The standard InChI is InChI=1S/C24H24N4O3/c1-15-20(13-14-21(29)26-18-9-11-19(31-3)12-10-18)24(30)28-23(25-15)22(16(2)27-28)17-7-5-4-6-8-17/h4-12,27H,13-14H2,1-3H3,(H,26,29). The molecule has 2 aromatic heterocycles. The Hall–Kier alpha value is -3.87. The second kappa shape index (κ2) is 8.47. The number of ether oxygens (including phenoxy) is 1. The molecule has 4 rings (SSSR count). The van der Waals surface area contributed by atoms with E-state index < -0.39 is 0 Å². The van der Waals surface area contributed by atoms with Crippen LogP contribution in [0, 0.1) is 13.8 Å². The molecule has 0 unspecified atom stereocenters. The summed E-state index contributed by atoms with van der Waals surface area (Å²) in [5.74, 6) is 0.554. The van der Waals surface area contributed by atoms with Gasteiger partial charge in [0, 0.05) is 34.6 Å². The van der Waals surface area contributed by atoms with Crippen LogP contribution in [0.3, 0.4) is 0 Å². The zero-order valence-corrected chi connectivity index (χ0v) is 17.7. The molecule has 0 radical (unpaired) electrons. The van der Waals surface area contributed by atoms with Crippen molar-refractivity contribution >= 4 is 17.2 Å². The van der Waals surface area contributed by atoms with E-state index >= 15 is 0 Å². The Morgan fingerprint density at radius 3 is 2.48 bits per heavy atom. The van der Waals surface area contributed by atoms with Gasteiger partial charge in [-0.05, 0) is 50.1 Å².